The van der Waals surface area contributed by atoms with Crippen molar-refractivity contribution in [3.63, 3.8) is 0 Å². The highest BCUT2D eigenvalue weighted by molar-refractivity contribution is 6.24. The Bertz CT molecular complexity index is 2350. The molecule has 5 nitrogen and oxygen atoms in total. The molecule has 0 unspecified atom stereocenters. The fourth-order valence-corrected chi connectivity index (χ4v) is 7.68. The third kappa shape index (κ3) is 5.86. The molecule has 0 aliphatic heterocycles. The average molecular weight is 643 g/mol. The summed E-state index contributed by atoms with van der Waals surface area (Å²) < 4.78 is 4.85. The molecule has 0 radical (unpaired) electrons. The lowest BCUT2D eigenvalue weighted by molar-refractivity contribution is -0.160. The molecule has 0 heterocycles. The third-order valence-corrected chi connectivity index (χ3v) is 9.95. The number of hydrogen-bond acceptors (Lipinski definition) is 5. The van der Waals surface area contributed by atoms with Gasteiger partial charge >= 0.3 is 11.9 Å². The van der Waals surface area contributed by atoms with E-state index in [0.29, 0.717) is 25.7 Å². The van der Waals surface area contributed by atoms with Crippen LogP contribution >= 0.6 is 0 Å². The summed E-state index contributed by atoms with van der Waals surface area (Å²) in [7, 11) is 0. The Hall–Kier alpha value is -5.68. The van der Waals surface area contributed by atoms with E-state index in [9.17, 15) is 19.2 Å². The van der Waals surface area contributed by atoms with Crippen molar-refractivity contribution in [1.82, 2.24) is 0 Å². The van der Waals surface area contributed by atoms with Gasteiger partial charge in [0.15, 0.2) is 0 Å². The van der Waals surface area contributed by atoms with Crippen molar-refractivity contribution in [3.8, 4) is 0 Å². The zero-order valence-electron chi connectivity index (χ0n) is 27.1. The molecule has 0 saturated heterocycles. The van der Waals surface area contributed by atoms with E-state index in [1.54, 1.807) is 0 Å². The van der Waals surface area contributed by atoms with Crippen molar-refractivity contribution in [2.75, 3.05) is 0 Å². The quantitative estimate of drug-likeness (QED) is 0.0753. The van der Waals surface area contributed by atoms with Gasteiger partial charge in [-0.2, -0.15) is 0 Å². The lowest BCUT2D eigenvalue weighted by Crippen LogP contribution is -2.18. The number of esters is 2. The Morgan fingerprint density at radius 3 is 1.16 bits per heavy atom. The van der Waals surface area contributed by atoms with E-state index in [1.807, 2.05) is 0 Å². The molecule has 8 aromatic carbocycles. The SMILES string of the molecule is O=C(CCCc1ccc2ccc3cccc4ccc1c2c34)CC(=O)OC(=O)CC(=O)CCCc1ccc2ccc3cccc4ccc1c2c34. The van der Waals surface area contributed by atoms with Crippen LogP contribution in [0.5, 0.6) is 0 Å². The monoisotopic (exact) mass is 642 g/mol. The number of ketones is 2. The Morgan fingerprint density at radius 1 is 0.408 bits per heavy atom. The normalized spacial score (nSPS) is 11.8. The highest BCUT2D eigenvalue weighted by atomic mass is 16.6. The number of ether oxygens (including phenoxy) is 1. The lowest BCUT2D eigenvalue weighted by Gasteiger charge is -2.14. The molecule has 0 spiro atoms. The molecule has 8 aromatic rings. The average Bonchev–Trinajstić information content (AvgIpc) is 3.10. The van der Waals surface area contributed by atoms with Crippen LogP contribution < -0.4 is 0 Å². The van der Waals surface area contributed by atoms with E-state index in [2.05, 4.69) is 109 Å². The summed E-state index contributed by atoms with van der Waals surface area (Å²) in [5, 5.41) is 14.6. The Balaban J connectivity index is 0.807. The lowest BCUT2D eigenvalue weighted by atomic mass is 9.90. The Morgan fingerprint density at radius 2 is 0.755 bits per heavy atom. The molecule has 5 heteroatoms. The Labute approximate surface area is 283 Å². The van der Waals surface area contributed by atoms with Crippen LogP contribution in [-0.2, 0) is 36.8 Å². The molecule has 0 saturated carbocycles. The van der Waals surface area contributed by atoms with Gasteiger partial charge in [-0.15, -0.1) is 0 Å². The number of aryl methyl sites for hydroxylation is 2. The number of benzene rings is 8. The number of carbonyl (C=O) groups is 4. The molecule has 49 heavy (non-hydrogen) atoms. The van der Waals surface area contributed by atoms with Gasteiger partial charge in [-0.1, -0.05) is 109 Å². The maximum absolute atomic E-state index is 12.6. The molecule has 0 aliphatic rings. The number of rotatable bonds is 12. The first kappa shape index (κ1) is 30.6. The third-order valence-electron chi connectivity index (χ3n) is 9.95. The second-order valence-corrected chi connectivity index (χ2v) is 13.1. The minimum Gasteiger partial charge on any atom is -0.392 e. The van der Waals surface area contributed by atoms with Gasteiger partial charge in [0.2, 0.25) is 0 Å². The fraction of sp³-hybridized carbons (Fsp3) is 0.182. The van der Waals surface area contributed by atoms with E-state index in [0.717, 1.165) is 11.1 Å². The molecular weight excluding hydrogens is 608 g/mol. The molecule has 0 aromatic heterocycles. The largest absolute Gasteiger partial charge is 0.392 e. The van der Waals surface area contributed by atoms with Gasteiger partial charge in [0.05, 0.1) is 0 Å². The molecule has 240 valence electrons. The predicted molar refractivity (Wildman–Crippen MR) is 197 cm³/mol. The van der Waals surface area contributed by atoms with Crippen LogP contribution in [0, 0.1) is 0 Å². The molecular formula is C44H34O5. The number of Topliss-reactive ketones (excluding diaryl/α,β-unsaturated/α-hetero) is 2. The standard InChI is InChI=1S/C44H34O5/c45-35(11-3-5-27-13-15-33-19-17-29-7-1-9-31-21-23-37(27)43(33)41(29)31)25-39(47)49-40(48)26-36(46)12-4-6-28-14-16-34-20-18-30-8-2-10-32-22-24-38(28)44(34)42(30)32/h1-2,7-10,13-24H,3-6,11-12,25-26H2. The van der Waals surface area contributed by atoms with Crippen LogP contribution in [0.1, 0.15) is 49.7 Å². The van der Waals surface area contributed by atoms with E-state index in [1.165, 1.54) is 64.6 Å². The minimum absolute atomic E-state index is 0.202. The van der Waals surface area contributed by atoms with E-state index < -0.39 is 24.8 Å². The first-order valence-electron chi connectivity index (χ1n) is 17.0. The number of hydrogen-bond donors (Lipinski definition) is 0. The van der Waals surface area contributed by atoms with Crippen LogP contribution in [0.4, 0.5) is 0 Å². The molecule has 8 rings (SSSR count). The van der Waals surface area contributed by atoms with Crippen molar-refractivity contribution < 1.29 is 23.9 Å². The summed E-state index contributed by atoms with van der Waals surface area (Å²) >= 11 is 0. The van der Waals surface area contributed by atoms with Gasteiger partial charge in [0.25, 0.3) is 0 Å². The molecule has 0 amide bonds. The Kier molecular flexibility index (Phi) is 7.96. The van der Waals surface area contributed by atoms with Gasteiger partial charge < -0.3 is 4.74 Å². The molecule has 0 bridgehead atoms. The van der Waals surface area contributed by atoms with Crippen LogP contribution in [0.25, 0.3) is 64.6 Å². The van der Waals surface area contributed by atoms with Crippen molar-refractivity contribution in [1.29, 1.82) is 0 Å². The van der Waals surface area contributed by atoms with Gasteiger partial charge in [0, 0.05) is 12.8 Å². The van der Waals surface area contributed by atoms with E-state index in [4.69, 9.17) is 4.74 Å². The fourth-order valence-electron chi connectivity index (χ4n) is 7.68. The summed E-state index contributed by atoms with van der Waals surface area (Å²) in [6.07, 6.45) is 1.98. The molecule has 0 fully saturated rings. The topological polar surface area (TPSA) is 77.5 Å². The summed E-state index contributed by atoms with van der Waals surface area (Å²) in [6.45, 7) is 0. The van der Waals surface area contributed by atoms with Crippen LogP contribution in [0.2, 0.25) is 0 Å². The van der Waals surface area contributed by atoms with Gasteiger partial charge in [-0.3, -0.25) is 19.2 Å². The van der Waals surface area contributed by atoms with Crippen LogP contribution in [-0.4, -0.2) is 23.5 Å². The maximum atomic E-state index is 12.6. The van der Waals surface area contributed by atoms with Gasteiger partial charge in [-0.25, -0.2) is 0 Å². The number of carbonyl (C=O) groups excluding carboxylic acids is 4. The minimum atomic E-state index is -0.904. The summed E-state index contributed by atoms with van der Waals surface area (Å²) in [5.74, 6) is -2.37. The van der Waals surface area contributed by atoms with Crippen molar-refractivity contribution in [3.05, 3.63) is 120 Å². The van der Waals surface area contributed by atoms with Crippen molar-refractivity contribution in [2.45, 2.75) is 51.4 Å². The molecule has 0 atom stereocenters. The summed E-state index contributed by atoms with van der Waals surface area (Å²) in [6, 6.07) is 38.3. The second-order valence-electron chi connectivity index (χ2n) is 13.1. The predicted octanol–water partition coefficient (Wildman–Crippen LogP) is 9.82. The van der Waals surface area contributed by atoms with E-state index in [-0.39, 0.29) is 24.4 Å². The van der Waals surface area contributed by atoms with Crippen LogP contribution in [0.3, 0.4) is 0 Å². The van der Waals surface area contributed by atoms with Crippen LogP contribution in [0.15, 0.2) is 109 Å². The first-order valence-corrected chi connectivity index (χ1v) is 17.0. The van der Waals surface area contributed by atoms with Gasteiger partial charge in [0.1, 0.15) is 24.4 Å². The zero-order valence-corrected chi connectivity index (χ0v) is 27.1. The highest BCUT2D eigenvalue weighted by Gasteiger charge is 2.19. The molecule has 0 N–H and O–H groups in total. The molecule has 0 aliphatic carbocycles. The van der Waals surface area contributed by atoms with Crippen molar-refractivity contribution >= 4 is 88.1 Å². The maximum Gasteiger partial charge on any atom is 0.320 e. The van der Waals surface area contributed by atoms with E-state index >= 15 is 0 Å². The second kappa shape index (κ2) is 12.7. The summed E-state index contributed by atoms with van der Waals surface area (Å²) in [5.41, 5.74) is 2.32. The zero-order chi connectivity index (χ0) is 33.5. The smallest absolute Gasteiger partial charge is 0.320 e. The van der Waals surface area contributed by atoms with Gasteiger partial charge in [-0.05, 0) is 101 Å². The summed E-state index contributed by atoms with van der Waals surface area (Å²) in [4.78, 5) is 49.9. The first-order chi connectivity index (χ1) is 23.9. The highest BCUT2D eigenvalue weighted by Crippen LogP contribution is 2.37. The van der Waals surface area contributed by atoms with Crippen molar-refractivity contribution in [2.24, 2.45) is 0 Å².